The molecule has 1 amide bonds. The predicted molar refractivity (Wildman–Crippen MR) is 78.7 cm³/mol. The highest BCUT2D eigenvalue weighted by Crippen LogP contribution is 2.15. The second-order valence-electron chi connectivity index (χ2n) is 5.17. The van der Waals surface area contributed by atoms with Gasteiger partial charge in [0.25, 0.3) is 0 Å². The van der Waals surface area contributed by atoms with E-state index < -0.39 is 0 Å². The standard InChI is InChI=1S/C15H25N3O/c1-4-15(2,12-16)18(3)11-14(19)17-10-13-8-6-5-7-9-13/h5-9H,4,10-12,16H2,1-3H3,(H,17,19). The van der Waals surface area contributed by atoms with Gasteiger partial charge in [0.1, 0.15) is 0 Å². The molecule has 0 aliphatic heterocycles. The number of benzene rings is 1. The van der Waals surface area contributed by atoms with Gasteiger partial charge >= 0.3 is 0 Å². The zero-order valence-electron chi connectivity index (χ0n) is 12.1. The average Bonchev–Trinajstić information content (AvgIpc) is 2.45. The van der Waals surface area contributed by atoms with E-state index >= 15 is 0 Å². The summed E-state index contributed by atoms with van der Waals surface area (Å²) in [7, 11) is 1.94. The fourth-order valence-corrected chi connectivity index (χ4v) is 1.83. The molecule has 0 spiro atoms. The summed E-state index contributed by atoms with van der Waals surface area (Å²) in [5, 5.41) is 2.93. The van der Waals surface area contributed by atoms with Crippen molar-refractivity contribution in [1.82, 2.24) is 10.2 Å². The summed E-state index contributed by atoms with van der Waals surface area (Å²) in [5.74, 6) is 0.0273. The lowest BCUT2D eigenvalue weighted by Gasteiger charge is -2.36. The van der Waals surface area contributed by atoms with Crippen LogP contribution >= 0.6 is 0 Å². The first-order chi connectivity index (χ1) is 9.01. The lowest BCUT2D eigenvalue weighted by molar-refractivity contribution is -0.123. The maximum atomic E-state index is 11.9. The van der Waals surface area contributed by atoms with Gasteiger partial charge in [-0.15, -0.1) is 0 Å². The largest absolute Gasteiger partial charge is 0.351 e. The van der Waals surface area contributed by atoms with Crippen LogP contribution in [0.1, 0.15) is 25.8 Å². The molecule has 106 valence electrons. The molecule has 0 radical (unpaired) electrons. The van der Waals surface area contributed by atoms with Gasteiger partial charge in [-0.2, -0.15) is 0 Å². The van der Waals surface area contributed by atoms with Crippen molar-refractivity contribution in [3.05, 3.63) is 35.9 Å². The molecule has 3 N–H and O–H groups in total. The Kier molecular flexibility index (Phi) is 5.99. The van der Waals surface area contributed by atoms with Crippen LogP contribution in [0.4, 0.5) is 0 Å². The topological polar surface area (TPSA) is 58.4 Å². The summed E-state index contributed by atoms with van der Waals surface area (Å²) in [6.45, 7) is 5.65. The number of carbonyl (C=O) groups excluding carboxylic acids is 1. The van der Waals surface area contributed by atoms with Crippen molar-refractivity contribution in [1.29, 1.82) is 0 Å². The zero-order valence-corrected chi connectivity index (χ0v) is 12.1. The van der Waals surface area contributed by atoms with Gasteiger partial charge in [0.05, 0.1) is 6.54 Å². The van der Waals surface area contributed by atoms with Crippen LogP contribution < -0.4 is 11.1 Å². The highest BCUT2D eigenvalue weighted by molar-refractivity contribution is 5.78. The highest BCUT2D eigenvalue weighted by atomic mass is 16.2. The Morgan fingerprint density at radius 1 is 1.37 bits per heavy atom. The second-order valence-corrected chi connectivity index (χ2v) is 5.17. The summed E-state index contributed by atoms with van der Waals surface area (Å²) in [4.78, 5) is 13.9. The van der Waals surface area contributed by atoms with Gasteiger partial charge in [0, 0.05) is 18.6 Å². The van der Waals surface area contributed by atoms with Gasteiger partial charge in [-0.05, 0) is 26.0 Å². The van der Waals surface area contributed by atoms with Crippen molar-refractivity contribution in [2.45, 2.75) is 32.4 Å². The molecule has 0 heterocycles. The Hall–Kier alpha value is -1.39. The molecule has 0 fully saturated rings. The molecule has 1 unspecified atom stereocenters. The molecule has 4 heteroatoms. The Morgan fingerprint density at radius 2 is 2.00 bits per heavy atom. The van der Waals surface area contributed by atoms with Crippen molar-refractivity contribution in [3.8, 4) is 0 Å². The van der Waals surface area contributed by atoms with Crippen LogP contribution in [0.15, 0.2) is 30.3 Å². The Labute approximate surface area is 116 Å². The average molecular weight is 263 g/mol. The normalized spacial score (nSPS) is 14.2. The molecule has 1 atom stereocenters. The van der Waals surface area contributed by atoms with E-state index in [9.17, 15) is 4.79 Å². The van der Waals surface area contributed by atoms with Crippen molar-refractivity contribution in [2.24, 2.45) is 5.73 Å². The van der Waals surface area contributed by atoms with Crippen LogP contribution in [0.5, 0.6) is 0 Å². The van der Waals surface area contributed by atoms with E-state index in [4.69, 9.17) is 5.73 Å². The number of hydrogen-bond acceptors (Lipinski definition) is 3. The van der Waals surface area contributed by atoms with Crippen molar-refractivity contribution >= 4 is 5.91 Å². The first-order valence-corrected chi connectivity index (χ1v) is 6.73. The van der Waals surface area contributed by atoms with Crippen LogP contribution in [0.25, 0.3) is 0 Å². The number of hydrogen-bond donors (Lipinski definition) is 2. The highest BCUT2D eigenvalue weighted by Gasteiger charge is 2.26. The van der Waals surface area contributed by atoms with Gasteiger partial charge in [-0.1, -0.05) is 37.3 Å². The lowest BCUT2D eigenvalue weighted by atomic mass is 9.97. The molecule has 0 saturated heterocycles. The third-order valence-electron chi connectivity index (χ3n) is 3.84. The SMILES string of the molecule is CCC(C)(CN)N(C)CC(=O)NCc1ccccc1. The van der Waals surface area contributed by atoms with Crippen LogP contribution in [0.2, 0.25) is 0 Å². The molecule has 0 aliphatic rings. The van der Waals surface area contributed by atoms with Crippen molar-refractivity contribution in [3.63, 3.8) is 0 Å². The van der Waals surface area contributed by atoms with E-state index in [1.54, 1.807) is 0 Å². The van der Waals surface area contributed by atoms with E-state index in [0.29, 0.717) is 19.6 Å². The summed E-state index contributed by atoms with van der Waals surface area (Å²) in [5.41, 5.74) is 6.77. The van der Waals surface area contributed by atoms with Crippen LogP contribution in [-0.4, -0.2) is 36.5 Å². The van der Waals surface area contributed by atoms with Crippen molar-refractivity contribution in [2.75, 3.05) is 20.1 Å². The van der Waals surface area contributed by atoms with E-state index in [0.717, 1.165) is 12.0 Å². The van der Waals surface area contributed by atoms with Gasteiger partial charge in [0.15, 0.2) is 0 Å². The minimum Gasteiger partial charge on any atom is -0.351 e. The number of nitrogens with two attached hydrogens (primary N) is 1. The third-order valence-corrected chi connectivity index (χ3v) is 3.84. The molecule has 1 rings (SSSR count). The zero-order chi connectivity index (χ0) is 14.3. The van der Waals surface area contributed by atoms with Gasteiger partial charge in [0.2, 0.25) is 5.91 Å². The Morgan fingerprint density at radius 3 is 2.53 bits per heavy atom. The molecule has 0 aliphatic carbocycles. The number of amides is 1. The minimum absolute atomic E-state index is 0.0273. The summed E-state index contributed by atoms with van der Waals surface area (Å²) in [6, 6.07) is 9.90. The first kappa shape index (κ1) is 15.7. The van der Waals surface area contributed by atoms with E-state index in [2.05, 4.69) is 19.2 Å². The quantitative estimate of drug-likeness (QED) is 0.781. The number of rotatable bonds is 7. The monoisotopic (exact) mass is 263 g/mol. The number of nitrogens with one attached hydrogen (secondary N) is 1. The number of carbonyl (C=O) groups is 1. The molecule has 1 aromatic carbocycles. The van der Waals surface area contributed by atoms with E-state index in [1.807, 2.05) is 42.3 Å². The summed E-state index contributed by atoms with van der Waals surface area (Å²) >= 11 is 0. The first-order valence-electron chi connectivity index (χ1n) is 6.73. The molecule has 1 aromatic rings. The molecule has 4 nitrogen and oxygen atoms in total. The molecule has 0 aromatic heterocycles. The molecule has 19 heavy (non-hydrogen) atoms. The fraction of sp³-hybridized carbons (Fsp3) is 0.533. The third kappa shape index (κ3) is 4.65. The van der Waals surface area contributed by atoms with Crippen LogP contribution in [0, 0.1) is 0 Å². The molecular formula is C15H25N3O. The predicted octanol–water partition coefficient (Wildman–Crippen LogP) is 1.36. The fourth-order valence-electron chi connectivity index (χ4n) is 1.83. The second kappa shape index (κ2) is 7.26. The molecule has 0 saturated carbocycles. The minimum atomic E-state index is -0.121. The number of nitrogens with zero attached hydrogens (tertiary/aromatic N) is 1. The maximum Gasteiger partial charge on any atom is 0.234 e. The van der Waals surface area contributed by atoms with Crippen LogP contribution in [-0.2, 0) is 11.3 Å². The van der Waals surface area contributed by atoms with E-state index in [1.165, 1.54) is 0 Å². The van der Waals surface area contributed by atoms with Crippen LogP contribution in [0.3, 0.4) is 0 Å². The van der Waals surface area contributed by atoms with Gasteiger partial charge in [-0.25, -0.2) is 0 Å². The Bertz CT molecular complexity index is 388. The summed E-state index contributed by atoms with van der Waals surface area (Å²) in [6.07, 6.45) is 0.923. The maximum absolute atomic E-state index is 11.9. The van der Waals surface area contributed by atoms with Gasteiger partial charge in [-0.3, -0.25) is 9.69 Å². The van der Waals surface area contributed by atoms with Gasteiger partial charge < -0.3 is 11.1 Å². The molecule has 0 bridgehead atoms. The smallest absolute Gasteiger partial charge is 0.234 e. The molecular weight excluding hydrogens is 238 g/mol. The van der Waals surface area contributed by atoms with E-state index in [-0.39, 0.29) is 11.4 Å². The lowest BCUT2D eigenvalue weighted by Crippen LogP contribution is -2.52. The summed E-state index contributed by atoms with van der Waals surface area (Å²) < 4.78 is 0. The Balaban J connectivity index is 2.43. The number of likely N-dealkylation sites (N-methyl/N-ethyl adjacent to an activating group) is 1. The van der Waals surface area contributed by atoms with Crippen molar-refractivity contribution < 1.29 is 4.79 Å².